The summed E-state index contributed by atoms with van der Waals surface area (Å²) in [5.74, 6) is 0. The highest BCUT2D eigenvalue weighted by Crippen LogP contribution is 2.22. The summed E-state index contributed by atoms with van der Waals surface area (Å²) in [5, 5.41) is 2.40. The highest BCUT2D eigenvalue weighted by molar-refractivity contribution is 9.09. The minimum Gasteiger partial charge on any atom is -0.476 e. The van der Waals surface area contributed by atoms with Crippen molar-refractivity contribution in [2.24, 2.45) is 4.99 Å². The zero-order valence-electron chi connectivity index (χ0n) is 5.13. The maximum atomic E-state index is 4.94. The van der Waals surface area contributed by atoms with Crippen molar-refractivity contribution in [2.75, 3.05) is 19.0 Å². The Bertz CT molecular complexity index is 128. The molecule has 0 amide bonds. The predicted molar refractivity (Wildman–Crippen MR) is 44.5 cm³/mol. The van der Waals surface area contributed by atoms with Gasteiger partial charge >= 0.3 is 0 Å². The number of halogens is 1. The molecule has 0 aromatic carbocycles. The molecule has 1 aliphatic rings. The van der Waals surface area contributed by atoms with Crippen LogP contribution in [-0.4, -0.2) is 29.5 Å². The van der Waals surface area contributed by atoms with Crippen molar-refractivity contribution < 1.29 is 4.74 Å². The fourth-order valence-electron chi connectivity index (χ4n) is 0.586. The Morgan fingerprint density at radius 1 is 2.00 bits per heavy atom. The molecule has 0 aromatic heterocycles. The lowest BCUT2D eigenvalue weighted by Gasteiger charge is -1.99. The van der Waals surface area contributed by atoms with E-state index in [1.807, 2.05) is 0 Å². The molecule has 52 valence electrons. The van der Waals surface area contributed by atoms with Crippen LogP contribution in [0.15, 0.2) is 4.99 Å². The number of aliphatic imine (C=N–C) groups is 1. The van der Waals surface area contributed by atoms with Crippen LogP contribution in [0.5, 0.6) is 0 Å². The van der Waals surface area contributed by atoms with Crippen molar-refractivity contribution in [1.29, 1.82) is 0 Å². The van der Waals surface area contributed by atoms with E-state index in [-0.39, 0.29) is 0 Å². The van der Waals surface area contributed by atoms with Crippen LogP contribution in [-0.2, 0) is 4.74 Å². The van der Waals surface area contributed by atoms with Crippen molar-refractivity contribution in [3.8, 4) is 0 Å². The molecule has 0 fully saturated rings. The van der Waals surface area contributed by atoms with Crippen LogP contribution in [0.25, 0.3) is 0 Å². The van der Waals surface area contributed by atoms with Gasteiger partial charge in [-0.1, -0.05) is 27.7 Å². The Hall–Kier alpha value is 0.300. The van der Waals surface area contributed by atoms with Crippen LogP contribution in [0.3, 0.4) is 0 Å². The maximum absolute atomic E-state index is 4.94. The maximum Gasteiger partial charge on any atom is 0.245 e. The van der Waals surface area contributed by atoms with E-state index in [1.165, 1.54) is 0 Å². The number of ether oxygens (including phenoxy) is 1. The lowest BCUT2D eigenvalue weighted by Crippen LogP contribution is -2.03. The second kappa shape index (κ2) is 3.46. The molecule has 0 spiro atoms. The second-order valence-electron chi connectivity index (χ2n) is 1.70. The van der Waals surface area contributed by atoms with Crippen LogP contribution in [0.1, 0.15) is 0 Å². The molecule has 1 heterocycles. The van der Waals surface area contributed by atoms with Crippen LogP contribution in [0.2, 0.25) is 0 Å². The number of methoxy groups -OCH3 is 1. The third-order valence-electron chi connectivity index (χ3n) is 1.04. The summed E-state index contributed by atoms with van der Waals surface area (Å²) in [6.45, 7) is 0.888. The number of hydrogen-bond donors (Lipinski definition) is 0. The molecule has 1 aliphatic heterocycles. The highest BCUT2D eigenvalue weighted by atomic mass is 79.9. The summed E-state index contributed by atoms with van der Waals surface area (Å²) in [4.78, 5) is 4.13. The third kappa shape index (κ3) is 1.86. The Balaban J connectivity index is 2.31. The number of thioether (sulfide) groups is 1. The van der Waals surface area contributed by atoms with Gasteiger partial charge in [0.15, 0.2) is 0 Å². The number of hydrogen-bond acceptors (Lipinski definition) is 3. The van der Waals surface area contributed by atoms with Crippen LogP contribution in [0, 0.1) is 0 Å². The minimum atomic E-state index is 0.583. The lowest BCUT2D eigenvalue weighted by atomic mass is 10.5. The summed E-state index contributed by atoms with van der Waals surface area (Å²) >= 11 is 5.07. The fraction of sp³-hybridized carbons (Fsp3) is 0.800. The van der Waals surface area contributed by atoms with E-state index >= 15 is 0 Å². The van der Waals surface area contributed by atoms with E-state index in [4.69, 9.17) is 4.74 Å². The Morgan fingerprint density at radius 2 is 2.78 bits per heavy atom. The SMILES string of the molecule is COC1=NCC(CBr)S1. The van der Waals surface area contributed by atoms with Gasteiger partial charge in [-0.15, -0.1) is 0 Å². The first kappa shape index (κ1) is 7.41. The monoisotopic (exact) mass is 209 g/mol. The molecule has 0 bridgehead atoms. The van der Waals surface area contributed by atoms with Gasteiger partial charge in [-0.2, -0.15) is 0 Å². The molecule has 4 heteroatoms. The molecule has 9 heavy (non-hydrogen) atoms. The van der Waals surface area contributed by atoms with Crippen molar-refractivity contribution in [3.63, 3.8) is 0 Å². The van der Waals surface area contributed by atoms with Gasteiger partial charge in [0, 0.05) is 10.6 Å². The van der Waals surface area contributed by atoms with Gasteiger partial charge in [0.05, 0.1) is 13.7 Å². The molecule has 1 rings (SSSR count). The van der Waals surface area contributed by atoms with Crippen LogP contribution in [0.4, 0.5) is 0 Å². The van der Waals surface area contributed by atoms with Gasteiger partial charge in [0.25, 0.3) is 0 Å². The van der Waals surface area contributed by atoms with Gasteiger partial charge in [0.1, 0.15) is 0 Å². The van der Waals surface area contributed by atoms with Crippen LogP contribution >= 0.6 is 27.7 Å². The van der Waals surface area contributed by atoms with E-state index in [0.29, 0.717) is 5.25 Å². The molecule has 1 atom stereocenters. The van der Waals surface area contributed by atoms with Gasteiger partial charge in [-0.3, -0.25) is 0 Å². The standard InChI is InChI=1S/C5H8BrNOS/c1-8-5-7-3-4(2-6)9-5/h4H,2-3H2,1H3. The molecule has 0 saturated carbocycles. The predicted octanol–water partition coefficient (Wildman–Crippen LogP) is 1.50. The number of alkyl halides is 1. The molecule has 0 saturated heterocycles. The summed E-state index contributed by atoms with van der Waals surface area (Å²) < 4.78 is 4.94. The molecule has 2 nitrogen and oxygen atoms in total. The molecular weight excluding hydrogens is 202 g/mol. The van der Waals surface area contributed by atoms with Crippen LogP contribution < -0.4 is 0 Å². The second-order valence-corrected chi connectivity index (χ2v) is 3.60. The normalized spacial score (nSPS) is 26.0. The first-order valence-corrected chi connectivity index (χ1v) is 4.68. The fourth-order valence-corrected chi connectivity index (χ4v) is 1.93. The first-order valence-electron chi connectivity index (χ1n) is 2.68. The molecule has 0 N–H and O–H groups in total. The van der Waals surface area contributed by atoms with Crippen molar-refractivity contribution >= 4 is 32.9 Å². The van der Waals surface area contributed by atoms with E-state index in [9.17, 15) is 0 Å². The quantitative estimate of drug-likeness (QED) is 0.611. The minimum absolute atomic E-state index is 0.583. The summed E-state index contributed by atoms with van der Waals surface area (Å²) in [6, 6.07) is 0. The molecule has 0 aromatic rings. The Kier molecular flexibility index (Phi) is 2.85. The van der Waals surface area contributed by atoms with Gasteiger partial charge in [-0.25, -0.2) is 4.99 Å². The van der Waals surface area contributed by atoms with E-state index in [0.717, 1.165) is 17.1 Å². The molecule has 0 radical (unpaired) electrons. The van der Waals surface area contributed by atoms with Gasteiger partial charge < -0.3 is 4.74 Å². The van der Waals surface area contributed by atoms with E-state index in [1.54, 1.807) is 18.9 Å². The molecule has 0 aliphatic carbocycles. The Morgan fingerprint density at radius 3 is 3.11 bits per heavy atom. The molecule has 1 unspecified atom stereocenters. The summed E-state index contributed by atoms with van der Waals surface area (Å²) in [6.07, 6.45) is 0. The zero-order valence-corrected chi connectivity index (χ0v) is 7.54. The number of nitrogens with zero attached hydrogens (tertiary/aromatic N) is 1. The average Bonchev–Trinajstić information content (AvgIpc) is 2.34. The third-order valence-corrected chi connectivity index (χ3v) is 3.39. The topological polar surface area (TPSA) is 21.6 Å². The van der Waals surface area contributed by atoms with E-state index in [2.05, 4.69) is 20.9 Å². The Labute approximate surface area is 67.2 Å². The lowest BCUT2D eigenvalue weighted by molar-refractivity contribution is 0.416. The summed E-state index contributed by atoms with van der Waals surface area (Å²) in [7, 11) is 1.66. The molecular formula is C5H8BrNOS. The van der Waals surface area contributed by atoms with Gasteiger partial charge in [0.2, 0.25) is 5.23 Å². The average molecular weight is 210 g/mol. The largest absolute Gasteiger partial charge is 0.476 e. The van der Waals surface area contributed by atoms with Crippen molar-refractivity contribution in [2.45, 2.75) is 5.25 Å². The first-order chi connectivity index (χ1) is 4.36. The van der Waals surface area contributed by atoms with Gasteiger partial charge in [-0.05, 0) is 0 Å². The van der Waals surface area contributed by atoms with Crippen molar-refractivity contribution in [1.82, 2.24) is 0 Å². The zero-order chi connectivity index (χ0) is 6.69. The van der Waals surface area contributed by atoms with E-state index < -0.39 is 0 Å². The smallest absolute Gasteiger partial charge is 0.245 e. The van der Waals surface area contributed by atoms with Crippen molar-refractivity contribution in [3.05, 3.63) is 0 Å². The highest BCUT2D eigenvalue weighted by Gasteiger charge is 2.18. The number of rotatable bonds is 1. The summed E-state index contributed by atoms with van der Waals surface area (Å²) in [5.41, 5.74) is 0.